The fourth-order valence-corrected chi connectivity index (χ4v) is 1.57. The Hall–Kier alpha value is -2.04. The van der Waals surface area contributed by atoms with Gasteiger partial charge in [-0.05, 0) is 30.2 Å². The number of hydrogen-bond acceptors (Lipinski definition) is 4. The van der Waals surface area contributed by atoms with E-state index in [9.17, 15) is 4.79 Å². The van der Waals surface area contributed by atoms with Crippen molar-refractivity contribution in [1.29, 1.82) is 0 Å². The number of hydrogen-bond donors (Lipinski definition) is 1. The normalized spacial score (nSPS) is 12.9. The second kappa shape index (κ2) is 6.05. The number of nitrogens with one attached hydrogen (secondary N) is 1. The number of unbranched alkanes of at least 4 members (excludes halogenated alkanes) is 1. The first-order chi connectivity index (χ1) is 8.79. The van der Waals surface area contributed by atoms with Gasteiger partial charge in [0.05, 0.1) is 6.21 Å². The van der Waals surface area contributed by atoms with Gasteiger partial charge in [-0.2, -0.15) is 5.10 Å². The summed E-state index contributed by atoms with van der Waals surface area (Å²) in [6.45, 7) is 2.30. The van der Waals surface area contributed by atoms with Gasteiger partial charge in [-0.1, -0.05) is 13.3 Å². The molecule has 2 rings (SSSR count). The van der Waals surface area contributed by atoms with Crippen LogP contribution >= 0.6 is 0 Å². The zero-order valence-electron chi connectivity index (χ0n) is 10.3. The number of carbonyl (C=O) groups excluding carboxylic acids is 1. The van der Waals surface area contributed by atoms with Gasteiger partial charge < -0.3 is 9.47 Å². The molecule has 0 aromatic heterocycles. The van der Waals surface area contributed by atoms with Crippen molar-refractivity contribution in [2.24, 2.45) is 5.10 Å². The number of ether oxygens (including phenoxy) is 2. The molecule has 0 saturated heterocycles. The minimum atomic E-state index is -0.0613. The van der Waals surface area contributed by atoms with Crippen molar-refractivity contribution in [3.05, 3.63) is 23.8 Å². The first kappa shape index (κ1) is 12.4. The molecule has 0 atom stereocenters. The fourth-order valence-electron chi connectivity index (χ4n) is 1.57. The van der Waals surface area contributed by atoms with Crippen LogP contribution in [-0.4, -0.2) is 18.9 Å². The largest absolute Gasteiger partial charge is 0.454 e. The summed E-state index contributed by atoms with van der Waals surface area (Å²) in [4.78, 5) is 11.3. The molecule has 5 heteroatoms. The van der Waals surface area contributed by atoms with Gasteiger partial charge in [-0.15, -0.1) is 0 Å². The molecule has 1 aromatic carbocycles. The number of fused-ring (bicyclic) bond motifs is 1. The van der Waals surface area contributed by atoms with E-state index in [0.29, 0.717) is 12.2 Å². The van der Waals surface area contributed by atoms with E-state index < -0.39 is 0 Å². The molecule has 0 saturated carbocycles. The Morgan fingerprint density at radius 3 is 3.11 bits per heavy atom. The highest BCUT2D eigenvalue weighted by Crippen LogP contribution is 2.31. The lowest BCUT2D eigenvalue weighted by molar-refractivity contribution is -0.121. The molecule has 96 valence electrons. The average Bonchev–Trinajstić information content (AvgIpc) is 2.83. The minimum Gasteiger partial charge on any atom is -0.454 e. The highest BCUT2D eigenvalue weighted by molar-refractivity contribution is 5.83. The molecule has 0 aliphatic carbocycles. The van der Waals surface area contributed by atoms with Gasteiger partial charge in [-0.3, -0.25) is 4.79 Å². The Kier molecular flexibility index (Phi) is 4.17. The lowest BCUT2D eigenvalue weighted by atomic mass is 10.2. The molecular weight excluding hydrogens is 232 g/mol. The number of amides is 1. The standard InChI is InChI=1S/C13H16N2O3/c1-2-3-4-13(16)15-14-8-10-5-6-11-12(7-10)18-9-17-11/h5-8H,2-4,9H2,1H3,(H,15,16)/b14-8+. The Bertz CT molecular complexity index is 458. The van der Waals surface area contributed by atoms with Gasteiger partial charge in [0.1, 0.15) is 0 Å². The van der Waals surface area contributed by atoms with E-state index in [1.807, 2.05) is 25.1 Å². The molecule has 0 spiro atoms. The Labute approximate surface area is 106 Å². The van der Waals surface area contributed by atoms with Crippen LogP contribution in [-0.2, 0) is 4.79 Å². The van der Waals surface area contributed by atoms with Crippen LogP contribution in [0.5, 0.6) is 11.5 Å². The monoisotopic (exact) mass is 248 g/mol. The number of carbonyl (C=O) groups is 1. The summed E-state index contributed by atoms with van der Waals surface area (Å²) in [5.41, 5.74) is 3.35. The molecule has 1 heterocycles. The smallest absolute Gasteiger partial charge is 0.240 e. The molecule has 0 bridgehead atoms. The molecular formula is C13H16N2O3. The van der Waals surface area contributed by atoms with Crippen LogP contribution < -0.4 is 14.9 Å². The molecule has 1 aromatic rings. The van der Waals surface area contributed by atoms with Crippen molar-refractivity contribution in [2.45, 2.75) is 26.2 Å². The predicted octanol–water partition coefficient (Wildman–Crippen LogP) is 2.06. The van der Waals surface area contributed by atoms with Crippen LogP contribution in [0.15, 0.2) is 23.3 Å². The summed E-state index contributed by atoms with van der Waals surface area (Å²) < 4.78 is 10.5. The first-order valence-corrected chi connectivity index (χ1v) is 6.01. The molecule has 1 amide bonds. The van der Waals surface area contributed by atoms with Crippen LogP contribution in [0.4, 0.5) is 0 Å². The van der Waals surface area contributed by atoms with E-state index in [1.54, 1.807) is 6.21 Å². The summed E-state index contributed by atoms with van der Waals surface area (Å²) >= 11 is 0. The van der Waals surface area contributed by atoms with Gasteiger partial charge in [0.2, 0.25) is 12.7 Å². The number of benzene rings is 1. The Balaban J connectivity index is 1.87. The maximum Gasteiger partial charge on any atom is 0.240 e. The summed E-state index contributed by atoms with van der Waals surface area (Å²) in [6, 6.07) is 5.50. The lowest BCUT2D eigenvalue weighted by Gasteiger charge is -1.99. The molecule has 1 N–H and O–H groups in total. The molecule has 0 radical (unpaired) electrons. The molecule has 18 heavy (non-hydrogen) atoms. The van der Waals surface area contributed by atoms with Crippen molar-refractivity contribution >= 4 is 12.1 Å². The minimum absolute atomic E-state index is 0.0613. The van der Waals surface area contributed by atoms with Crippen LogP contribution in [0.3, 0.4) is 0 Å². The van der Waals surface area contributed by atoms with E-state index in [-0.39, 0.29) is 12.7 Å². The second-order valence-electron chi connectivity index (χ2n) is 4.01. The topological polar surface area (TPSA) is 59.9 Å². The fraction of sp³-hybridized carbons (Fsp3) is 0.385. The third-order valence-electron chi connectivity index (χ3n) is 2.56. The third kappa shape index (κ3) is 3.23. The van der Waals surface area contributed by atoms with Crippen LogP contribution in [0.1, 0.15) is 31.7 Å². The van der Waals surface area contributed by atoms with Gasteiger partial charge >= 0.3 is 0 Å². The number of nitrogens with zero attached hydrogens (tertiary/aromatic N) is 1. The van der Waals surface area contributed by atoms with Crippen LogP contribution in [0, 0.1) is 0 Å². The van der Waals surface area contributed by atoms with Crippen molar-refractivity contribution in [1.82, 2.24) is 5.43 Å². The average molecular weight is 248 g/mol. The predicted molar refractivity (Wildman–Crippen MR) is 67.8 cm³/mol. The first-order valence-electron chi connectivity index (χ1n) is 6.01. The maximum absolute atomic E-state index is 11.3. The van der Waals surface area contributed by atoms with E-state index in [0.717, 1.165) is 24.2 Å². The second-order valence-corrected chi connectivity index (χ2v) is 4.01. The van der Waals surface area contributed by atoms with Crippen molar-refractivity contribution in [3.8, 4) is 11.5 Å². The van der Waals surface area contributed by atoms with Gasteiger partial charge in [0.25, 0.3) is 0 Å². The number of hydrazone groups is 1. The third-order valence-corrected chi connectivity index (χ3v) is 2.56. The Morgan fingerprint density at radius 1 is 1.44 bits per heavy atom. The maximum atomic E-state index is 11.3. The zero-order valence-corrected chi connectivity index (χ0v) is 10.3. The van der Waals surface area contributed by atoms with E-state index >= 15 is 0 Å². The molecule has 0 unspecified atom stereocenters. The quantitative estimate of drug-likeness (QED) is 0.641. The number of rotatable bonds is 5. The van der Waals surface area contributed by atoms with Gasteiger partial charge in [-0.25, -0.2) is 5.43 Å². The summed E-state index contributed by atoms with van der Waals surface area (Å²) in [6.07, 6.45) is 3.98. The van der Waals surface area contributed by atoms with Crippen LogP contribution in [0.2, 0.25) is 0 Å². The SMILES string of the molecule is CCCCC(=O)N/N=C/c1ccc2c(c1)OCO2. The summed E-state index contributed by atoms with van der Waals surface area (Å²) in [7, 11) is 0. The summed E-state index contributed by atoms with van der Waals surface area (Å²) in [5.74, 6) is 1.38. The van der Waals surface area contributed by atoms with Gasteiger partial charge in [0.15, 0.2) is 11.5 Å². The van der Waals surface area contributed by atoms with Crippen molar-refractivity contribution < 1.29 is 14.3 Å². The highest BCUT2D eigenvalue weighted by Gasteiger charge is 2.12. The zero-order chi connectivity index (χ0) is 12.8. The summed E-state index contributed by atoms with van der Waals surface area (Å²) in [5, 5.41) is 3.90. The van der Waals surface area contributed by atoms with Crippen LogP contribution in [0.25, 0.3) is 0 Å². The molecule has 1 aliphatic heterocycles. The van der Waals surface area contributed by atoms with Gasteiger partial charge in [0, 0.05) is 6.42 Å². The Morgan fingerprint density at radius 2 is 2.28 bits per heavy atom. The highest BCUT2D eigenvalue weighted by atomic mass is 16.7. The molecule has 0 fully saturated rings. The molecule has 5 nitrogen and oxygen atoms in total. The van der Waals surface area contributed by atoms with Crippen molar-refractivity contribution in [2.75, 3.05) is 6.79 Å². The van der Waals surface area contributed by atoms with E-state index in [4.69, 9.17) is 9.47 Å². The lowest BCUT2D eigenvalue weighted by Crippen LogP contribution is -2.16. The van der Waals surface area contributed by atoms with Crippen molar-refractivity contribution in [3.63, 3.8) is 0 Å². The van der Waals surface area contributed by atoms with E-state index in [2.05, 4.69) is 10.5 Å². The molecule has 1 aliphatic rings. The van der Waals surface area contributed by atoms with E-state index in [1.165, 1.54) is 0 Å².